The summed E-state index contributed by atoms with van der Waals surface area (Å²) in [6.45, 7) is 8.86. The molecule has 0 radical (unpaired) electrons. The van der Waals surface area contributed by atoms with Crippen LogP contribution in [0.3, 0.4) is 0 Å². The molecule has 4 rings (SSSR count). The number of carbonyl (C=O) groups excluding carboxylic acids is 2. The molecule has 40 heavy (non-hydrogen) atoms. The van der Waals surface area contributed by atoms with Crippen LogP contribution in [0.2, 0.25) is 0 Å². The summed E-state index contributed by atoms with van der Waals surface area (Å²) in [4.78, 5) is 28.6. The molecule has 1 atom stereocenters. The maximum absolute atomic E-state index is 13.6. The lowest BCUT2D eigenvalue weighted by atomic mass is 9.84. The van der Waals surface area contributed by atoms with Crippen LogP contribution >= 0.6 is 0 Å². The number of hydrogen-bond donors (Lipinski definition) is 1. The number of nitrogens with zero attached hydrogens (tertiary/aromatic N) is 1. The highest BCUT2D eigenvalue weighted by Gasteiger charge is 2.47. The lowest BCUT2D eigenvalue weighted by Gasteiger charge is -2.27. The molecule has 1 heterocycles. The Morgan fingerprint density at radius 2 is 1.62 bits per heavy atom. The second kappa shape index (κ2) is 11.9. The van der Waals surface area contributed by atoms with Crippen LogP contribution in [-0.4, -0.2) is 49.1 Å². The standard InChI is InChI=1S/C33H37NO6/c1-7-40-27-17-14-22(20-25(27)33(2,3)4)30(35)28-29(24-10-8-9-11-26(24)39-6)34(32(37)31(28)36)19-18-21-12-15-23(38-5)16-13-21/h8-17,20,29,35H,7,18-19H2,1-6H3/b30-28+. The van der Waals surface area contributed by atoms with Crippen molar-refractivity contribution in [2.75, 3.05) is 27.4 Å². The van der Waals surface area contributed by atoms with Gasteiger partial charge in [0.15, 0.2) is 0 Å². The molecule has 1 aliphatic heterocycles. The van der Waals surface area contributed by atoms with Crippen molar-refractivity contribution in [1.29, 1.82) is 0 Å². The molecule has 0 aromatic heterocycles. The molecule has 210 valence electrons. The van der Waals surface area contributed by atoms with Gasteiger partial charge in [-0.3, -0.25) is 9.59 Å². The van der Waals surface area contributed by atoms with Crippen molar-refractivity contribution in [1.82, 2.24) is 4.90 Å². The van der Waals surface area contributed by atoms with Crippen LogP contribution in [0.4, 0.5) is 0 Å². The van der Waals surface area contributed by atoms with Crippen LogP contribution in [0.5, 0.6) is 17.2 Å². The molecule has 0 spiro atoms. The van der Waals surface area contributed by atoms with E-state index in [0.717, 1.165) is 16.9 Å². The van der Waals surface area contributed by atoms with E-state index in [1.54, 1.807) is 32.4 Å². The quantitative estimate of drug-likeness (QED) is 0.201. The van der Waals surface area contributed by atoms with Crippen molar-refractivity contribution in [2.24, 2.45) is 0 Å². The fourth-order valence-electron chi connectivity index (χ4n) is 5.07. The van der Waals surface area contributed by atoms with Gasteiger partial charge in [-0.15, -0.1) is 0 Å². The maximum Gasteiger partial charge on any atom is 0.295 e. The van der Waals surface area contributed by atoms with Gasteiger partial charge in [0.2, 0.25) is 0 Å². The minimum Gasteiger partial charge on any atom is -0.507 e. The summed E-state index contributed by atoms with van der Waals surface area (Å²) < 4.78 is 16.7. The second-order valence-electron chi connectivity index (χ2n) is 10.7. The Labute approximate surface area is 236 Å². The molecule has 1 amide bonds. The third-order valence-electron chi connectivity index (χ3n) is 7.13. The van der Waals surface area contributed by atoms with Gasteiger partial charge in [0.25, 0.3) is 11.7 Å². The number of aliphatic hydroxyl groups excluding tert-OH is 1. The molecule has 3 aromatic carbocycles. The summed E-state index contributed by atoms with van der Waals surface area (Å²) in [5.74, 6) is 0.366. The molecular formula is C33H37NO6. The first-order valence-electron chi connectivity index (χ1n) is 13.4. The van der Waals surface area contributed by atoms with Crippen LogP contribution < -0.4 is 14.2 Å². The van der Waals surface area contributed by atoms with Gasteiger partial charge >= 0.3 is 0 Å². The number of amides is 1. The number of likely N-dealkylation sites (tertiary alicyclic amines) is 1. The number of hydrogen-bond acceptors (Lipinski definition) is 6. The zero-order valence-electron chi connectivity index (χ0n) is 24.0. The van der Waals surface area contributed by atoms with E-state index in [2.05, 4.69) is 20.8 Å². The van der Waals surface area contributed by atoms with Gasteiger partial charge in [0.1, 0.15) is 23.0 Å². The number of aliphatic hydroxyl groups is 1. The topological polar surface area (TPSA) is 85.3 Å². The highest BCUT2D eigenvalue weighted by molar-refractivity contribution is 6.46. The zero-order chi connectivity index (χ0) is 29.0. The normalized spacial score (nSPS) is 16.8. The molecule has 7 heteroatoms. The van der Waals surface area contributed by atoms with Gasteiger partial charge in [0, 0.05) is 23.2 Å². The molecule has 0 saturated carbocycles. The first-order chi connectivity index (χ1) is 19.1. The summed E-state index contributed by atoms with van der Waals surface area (Å²) in [5.41, 5.74) is 2.70. The Kier molecular flexibility index (Phi) is 8.52. The average molecular weight is 544 g/mol. The third-order valence-corrected chi connectivity index (χ3v) is 7.13. The Morgan fingerprint density at radius 1 is 0.925 bits per heavy atom. The van der Waals surface area contributed by atoms with Gasteiger partial charge in [-0.25, -0.2) is 0 Å². The van der Waals surface area contributed by atoms with E-state index in [1.165, 1.54) is 4.90 Å². The number of rotatable bonds is 9. The fourth-order valence-corrected chi connectivity index (χ4v) is 5.07. The summed E-state index contributed by atoms with van der Waals surface area (Å²) in [6, 6.07) is 19.4. The molecule has 1 unspecified atom stereocenters. The van der Waals surface area contributed by atoms with Crippen LogP contribution in [0.25, 0.3) is 5.76 Å². The first-order valence-corrected chi connectivity index (χ1v) is 13.4. The summed E-state index contributed by atoms with van der Waals surface area (Å²) >= 11 is 0. The summed E-state index contributed by atoms with van der Waals surface area (Å²) in [7, 11) is 3.15. The predicted octanol–water partition coefficient (Wildman–Crippen LogP) is 6.06. The molecule has 7 nitrogen and oxygen atoms in total. The summed E-state index contributed by atoms with van der Waals surface area (Å²) in [5, 5.41) is 11.7. The number of benzene rings is 3. The largest absolute Gasteiger partial charge is 0.507 e. The van der Waals surface area contributed by atoms with Crippen molar-refractivity contribution >= 4 is 17.4 Å². The molecule has 1 N–H and O–H groups in total. The van der Waals surface area contributed by atoms with E-state index in [-0.39, 0.29) is 23.3 Å². The molecule has 3 aromatic rings. The maximum atomic E-state index is 13.6. The van der Waals surface area contributed by atoms with E-state index in [0.29, 0.717) is 35.7 Å². The number of carbonyl (C=O) groups is 2. The van der Waals surface area contributed by atoms with E-state index in [9.17, 15) is 14.7 Å². The average Bonchev–Trinajstić information content (AvgIpc) is 3.20. The third kappa shape index (κ3) is 5.69. The van der Waals surface area contributed by atoms with Crippen LogP contribution in [0.1, 0.15) is 56.0 Å². The smallest absolute Gasteiger partial charge is 0.295 e. The van der Waals surface area contributed by atoms with Crippen LogP contribution in [0, 0.1) is 0 Å². The highest BCUT2D eigenvalue weighted by Crippen LogP contribution is 2.43. The minimum atomic E-state index is -0.820. The molecule has 1 saturated heterocycles. The minimum absolute atomic E-state index is 0.0354. The molecular weight excluding hydrogens is 506 g/mol. The van der Waals surface area contributed by atoms with Gasteiger partial charge in [0.05, 0.1) is 32.4 Å². The van der Waals surface area contributed by atoms with Gasteiger partial charge in [-0.2, -0.15) is 0 Å². The van der Waals surface area contributed by atoms with Crippen LogP contribution in [-0.2, 0) is 21.4 Å². The van der Waals surface area contributed by atoms with Crippen molar-refractivity contribution in [2.45, 2.75) is 45.6 Å². The predicted molar refractivity (Wildman–Crippen MR) is 155 cm³/mol. The van der Waals surface area contributed by atoms with Crippen molar-refractivity contribution in [3.05, 3.63) is 94.6 Å². The first kappa shape index (κ1) is 28.7. The van der Waals surface area contributed by atoms with E-state index in [1.807, 2.05) is 55.5 Å². The summed E-state index contributed by atoms with van der Waals surface area (Å²) in [6.07, 6.45) is 0.514. The second-order valence-corrected chi connectivity index (χ2v) is 10.7. The van der Waals surface area contributed by atoms with E-state index in [4.69, 9.17) is 14.2 Å². The lowest BCUT2D eigenvalue weighted by Crippen LogP contribution is -2.31. The Balaban J connectivity index is 1.83. The monoisotopic (exact) mass is 543 g/mol. The zero-order valence-corrected chi connectivity index (χ0v) is 24.0. The number of ether oxygens (including phenoxy) is 3. The lowest BCUT2D eigenvalue weighted by molar-refractivity contribution is -0.139. The molecule has 0 bridgehead atoms. The number of ketones is 1. The Bertz CT molecular complexity index is 1420. The van der Waals surface area contributed by atoms with Crippen molar-refractivity contribution in [3.63, 3.8) is 0 Å². The molecule has 1 aliphatic rings. The van der Waals surface area contributed by atoms with Gasteiger partial charge in [-0.05, 0) is 60.7 Å². The van der Waals surface area contributed by atoms with E-state index >= 15 is 0 Å². The highest BCUT2D eigenvalue weighted by atomic mass is 16.5. The number of para-hydroxylation sites is 1. The number of Topliss-reactive ketones (excluding diaryl/α,β-unsaturated/α-hetero) is 1. The van der Waals surface area contributed by atoms with Gasteiger partial charge < -0.3 is 24.2 Å². The van der Waals surface area contributed by atoms with Crippen molar-refractivity contribution < 1.29 is 28.9 Å². The SMILES string of the molecule is CCOc1ccc(/C(O)=C2\C(=O)C(=O)N(CCc3ccc(OC)cc3)C2c2ccccc2OC)cc1C(C)(C)C. The fraction of sp³-hybridized carbons (Fsp3) is 0.333. The Hall–Kier alpha value is -4.26. The van der Waals surface area contributed by atoms with Crippen LogP contribution in [0.15, 0.2) is 72.3 Å². The van der Waals surface area contributed by atoms with Gasteiger partial charge in [-0.1, -0.05) is 51.1 Å². The molecule has 0 aliphatic carbocycles. The molecule has 1 fully saturated rings. The Morgan fingerprint density at radius 3 is 2.25 bits per heavy atom. The van der Waals surface area contributed by atoms with Crippen molar-refractivity contribution in [3.8, 4) is 17.2 Å². The van der Waals surface area contributed by atoms with E-state index < -0.39 is 17.7 Å². The number of methoxy groups -OCH3 is 2.